The molecular formula is C14H22BrN3O2. The van der Waals surface area contributed by atoms with Crippen molar-refractivity contribution in [1.29, 1.82) is 0 Å². The van der Waals surface area contributed by atoms with Gasteiger partial charge in [0.15, 0.2) is 0 Å². The zero-order chi connectivity index (χ0) is 14.4. The van der Waals surface area contributed by atoms with Crippen molar-refractivity contribution in [2.45, 2.75) is 6.10 Å². The normalized spacial score (nSPS) is 18.9. The van der Waals surface area contributed by atoms with E-state index in [-0.39, 0.29) is 0 Å². The first kappa shape index (κ1) is 15.7. The molecule has 0 amide bonds. The summed E-state index contributed by atoms with van der Waals surface area (Å²) in [4.78, 5) is 2.30. The second-order valence-corrected chi connectivity index (χ2v) is 5.99. The van der Waals surface area contributed by atoms with E-state index in [9.17, 15) is 5.11 Å². The number of halogens is 1. The maximum absolute atomic E-state index is 9.91. The SMILES string of the molecule is CN1CCN(NCC(O)COc2ccc(Br)cc2)CC1. The molecule has 1 aliphatic heterocycles. The average Bonchev–Trinajstić information content (AvgIpc) is 2.46. The molecule has 1 aromatic rings. The number of hydrogen-bond acceptors (Lipinski definition) is 5. The molecule has 2 rings (SSSR count). The number of piperazine rings is 1. The highest BCUT2D eigenvalue weighted by Gasteiger charge is 2.14. The lowest BCUT2D eigenvalue weighted by molar-refractivity contribution is 0.0548. The molecule has 1 fully saturated rings. The number of hydrogen-bond donors (Lipinski definition) is 2. The van der Waals surface area contributed by atoms with Crippen molar-refractivity contribution in [3.8, 4) is 5.75 Å². The van der Waals surface area contributed by atoms with Crippen LogP contribution in [-0.2, 0) is 0 Å². The Balaban J connectivity index is 1.62. The van der Waals surface area contributed by atoms with Gasteiger partial charge < -0.3 is 14.7 Å². The average molecular weight is 344 g/mol. The van der Waals surface area contributed by atoms with Gasteiger partial charge in [0.2, 0.25) is 0 Å². The van der Waals surface area contributed by atoms with E-state index in [1.807, 2.05) is 24.3 Å². The Kier molecular flexibility index (Phi) is 6.25. The van der Waals surface area contributed by atoms with E-state index in [1.165, 1.54) is 0 Å². The lowest BCUT2D eigenvalue weighted by Gasteiger charge is -2.33. The molecule has 2 N–H and O–H groups in total. The van der Waals surface area contributed by atoms with Gasteiger partial charge in [0, 0.05) is 37.2 Å². The summed E-state index contributed by atoms with van der Waals surface area (Å²) >= 11 is 3.37. The minimum Gasteiger partial charge on any atom is -0.491 e. The number of likely N-dealkylation sites (N-methyl/N-ethyl adjacent to an activating group) is 1. The predicted octanol–water partition coefficient (Wildman–Crippen LogP) is 0.941. The summed E-state index contributed by atoms with van der Waals surface area (Å²) in [6.45, 7) is 4.88. The molecule has 0 radical (unpaired) electrons. The van der Waals surface area contributed by atoms with E-state index in [0.29, 0.717) is 13.2 Å². The number of ether oxygens (including phenoxy) is 1. The third-order valence-corrected chi connectivity index (χ3v) is 3.84. The van der Waals surface area contributed by atoms with E-state index in [4.69, 9.17) is 4.74 Å². The minimum atomic E-state index is -0.515. The van der Waals surface area contributed by atoms with Crippen molar-refractivity contribution in [1.82, 2.24) is 15.3 Å². The number of hydrazine groups is 1. The van der Waals surface area contributed by atoms with Crippen LogP contribution in [0.5, 0.6) is 5.75 Å². The molecule has 0 spiro atoms. The predicted molar refractivity (Wildman–Crippen MR) is 82.7 cm³/mol. The van der Waals surface area contributed by atoms with E-state index >= 15 is 0 Å². The highest BCUT2D eigenvalue weighted by Crippen LogP contribution is 2.16. The second kappa shape index (κ2) is 7.95. The molecule has 20 heavy (non-hydrogen) atoms. The zero-order valence-corrected chi connectivity index (χ0v) is 13.3. The highest BCUT2D eigenvalue weighted by atomic mass is 79.9. The summed E-state index contributed by atoms with van der Waals surface area (Å²) < 4.78 is 6.56. The summed E-state index contributed by atoms with van der Waals surface area (Å²) in [5.74, 6) is 0.770. The van der Waals surface area contributed by atoms with Crippen LogP contribution in [0.25, 0.3) is 0 Å². The first-order valence-electron chi connectivity index (χ1n) is 6.87. The Morgan fingerprint density at radius 2 is 1.90 bits per heavy atom. The molecule has 0 saturated carbocycles. The van der Waals surface area contributed by atoms with Gasteiger partial charge in [-0.1, -0.05) is 15.9 Å². The van der Waals surface area contributed by atoms with Gasteiger partial charge in [0.25, 0.3) is 0 Å². The van der Waals surface area contributed by atoms with E-state index < -0.39 is 6.10 Å². The standard InChI is InChI=1S/C14H22BrN3O2/c1-17-6-8-18(9-7-17)16-10-13(19)11-20-14-4-2-12(15)3-5-14/h2-5,13,16,19H,6-11H2,1H3. The van der Waals surface area contributed by atoms with Crippen molar-refractivity contribution in [3.63, 3.8) is 0 Å². The van der Waals surface area contributed by atoms with Crippen LogP contribution in [0, 0.1) is 0 Å². The molecule has 1 aromatic carbocycles. The van der Waals surface area contributed by atoms with Crippen LogP contribution in [0.3, 0.4) is 0 Å². The van der Waals surface area contributed by atoms with Gasteiger partial charge in [-0.05, 0) is 31.3 Å². The Hall–Kier alpha value is -0.660. The fourth-order valence-electron chi connectivity index (χ4n) is 1.98. The quantitative estimate of drug-likeness (QED) is 0.805. The fraction of sp³-hybridized carbons (Fsp3) is 0.571. The van der Waals surface area contributed by atoms with Crippen molar-refractivity contribution < 1.29 is 9.84 Å². The van der Waals surface area contributed by atoms with Gasteiger partial charge in [-0.15, -0.1) is 0 Å². The number of nitrogens with zero attached hydrogens (tertiary/aromatic N) is 2. The van der Waals surface area contributed by atoms with Crippen LogP contribution in [0.15, 0.2) is 28.7 Å². The summed E-state index contributed by atoms with van der Waals surface area (Å²) in [6, 6.07) is 7.60. The smallest absolute Gasteiger partial charge is 0.119 e. The summed E-state index contributed by atoms with van der Waals surface area (Å²) in [7, 11) is 2.12. The Bertz CT molecular complexity index is 394. The minimum absolute atomic E-state index is 0.294. The monoisotopic (exact) mass is 343 g/mol. The molecule has 0 bridgehead atoms. The molecule has 1 atom stereocenters. The van der Waals surface area contributed by atoms with Crippen molar-refractivity contribution >= 4 is 15.9 Å². The molecular weight excluding hydrogens is 322 g/mol. The van der Waals surface area contributed by atoms with Crippen LogP contribution in [-0.4, -0.2) is 67.5 Å². The van der Waals surface area contributed by atoms with Crippen molar-refractivity contribution in [2.24, 2.45) is 0 Å². The first-order chi connectivity index (χ1) is 9.63. The van der Waals surface area contributed by atoms with Gasteiger partial charge in [0.1, 0.15) is 18.5 Å². The third kappa shape index (κ3) is 5.38. The number of rotatable bonds is 6. The molecule has 1 aliphatic rings. The lowest BCUT2D eigenvalue weighted by atomic mass is 10.3. The molecule has 1 saturated heterocycles. The number of aliphatic hydroxyl groups excluding tert-OH is 1. The zero-order valence-electron chi connectivity index (χ0n) is 11.8. The lowest BCUT2D eigenvalue weighted by Crippen LogP contribution is -2.52. The molecule has 1 unspecified atom stereocenters. The van der Waals surface area contributed by atoms with Crippen molar-refractivity contribution in [2.75, 3.05) is 46.4 Å². The molecule has 6 heteroatoms. The second-order valence-electron chi connectivity index (χ2n) is 5.07. The Morgan fingerprint density at radius 3 is 2.55 bits per heavy atom. The van der Waals surface area contributed by atoms with Crippen LogP contribution < -0.4 is 10.2 Å². The number of aliphatic hydroxyl groups is 1. The van der Waals surface area contributed by atoms with Gasteiger partial charge in [0.05, 0.1) is 0 Å². The number of benzene rings is 1. The maximum Gasteiger partial charge on any atom is 0.119 e. The summed E-state index contributed by atoms with van der Waals surface area (Å²) in [5.41, 5.74) is 3.26. The van der Waals surface area contributed by atoms with Crippen LogP contribution in [0.4, 0.5) is 0 Å². The third-order valence-electron chi connectivity index (χ3n) is 3.31. The van der Waals surface area contributed by atoms with Crippen LogP contribution in [0.1, 0.15) is 0 Å². The van der Waals surface area contributed by atoms with E-state index in [1.54, 1.807) is 0 Å². The highest BCUT2D eigenvalue weighted by molar-refractivity contribution is 9.10. The molecule has 5 nitrogen and oxygen atoms in total. The Labute approximate surface area is 128 Å². The Morgan fingerprint density at radius 1 is 1.25 bits per heavy atom. The molecule has 0 aliphatic carbocycles. The van der Waals surface area contributed by atoms with E-state index in [0.717, 1.165) is 36.4 Å². The molecule has 0 aromatic heterocycles. The van der Waals surface area contributed by atoms with Crippen LogP contribution >= 0.6 is 15.9 Å². The fourth-order valence-corrected chi connectivity index (χ4v) is 2.25. The molecule has 112 valence electrons. The van der Waals surface area contributed by atoms with Gasteiger partial charge >= 0.3 is 0 Å². The molecule has 1 heterocycles. The van der Waals surface area contributed by atoms with Gasteiger partial charge in [-0.3, -0.25) is 5.43 Å². The van der Waals surface area contributed by atoms with Gasteiger partial charge in [-0.25, -0.2) is 5.01 Å². The first-order valence-corrected chi connectivity index (χ1v) is 7.66. The topological polar surface area (TPSA) is 48.0 Å². The van der Waals surface area contributed by atoms with Crippen LogP contribution in [0.2, 0.25) is 0 Å². The number of nitrogens with one attached hydrogen (secondary N) is 1. The van der Waals surface area contributed by atoms with Gasteiger partial charge in [-0.2, -0.15) is 0 Å². The summed E-state index contributed by atoms with van der Waals surface area (Å²) in [5, 5.41) is 12.1. The summed E-state index contributed by atoms with van der Waals surface area (Å²) in [6.07, 6.45) is -0.515. The van der Waals surface area contributed by atoms with Crippen molar-refractivity contribution in [3.05, 3.63) is 28.7 Å². The van der Waals surface area contributed by atoms with E-state index in [2.05, 4.69) is 38.3 Å². The largest absolute Gasteiger partial charge is 0.491 e. The maximum atomic E-state index is 9.91.